The van der Waals surface area contributed by atoms with E-state index in [-0.39, 0.29) is 29.9 Å². The van der Waals surface area contributed by atoms with Crippen molar-refractivity contribution in [1.82, 2.24) is 10.3 Å². The van der Waals surface area contributed by atoms with Crippen LogP contribution in [0.5, 0.6) is 0 Å². The van der Waals surface area contributed by atoms with Crippen LogP contribution in [0, 0.1) is 0 Å². The van der Waals surface area contributed by atoms with E-state index in [1.165, 1.54) is 11.3 Å². The summed E-state index contributed by atoms with van der Waals surface area (Å²) in [7, 11) is 0. The molecule has 0 fully saturated rings. The highest BCUT2D eigenvalue weighted by Crippen LogP contribution is 2.27. The van der Waals surface area contributed by atoms with Gasteiger partial charge < -0.3 is 21.5 Å². The Morgan fingerprint density at radius 2 is 2.17 bits per heavy atom. The predicted octanol–water partition coefficient (Wildman–Crippen LogP) is 1.05. The number of amides is 1. The van der Waals surface area contributed by atoms with Crippen molar-refractivity contribution in [3.8, 4) is 0 Å². The van der Waals surface area contributed by atoms with Crippen LogP contribution in [0.2, 0.25) is 0 Å². The quantitative estimate of drug-likeness (QED) is 0.656. The third-order valence-corrected chi connectivity index (χ3v) is 2.98. The Bertz CT molecular complexity index is 425. The van der Waals surface area contributed by atoms with E-state index in [1.54, 1.807) is 6.92 Å². The number of aromatic nitrogens is 1. The summed E-state index contributed by atoms with van der Waals surface area (Å²) in [6, 6.07) is -0.307. The maximum atomic E-state index is 11.9. The average molecular weight is 272 g/mol. The van der Waals surface area contributed by atoms with Gasteiger partial charge in [0.15, 0.2) is 5.13 Å². The number of aliphatic hydroxyl groups excluding tert-OH is 1. The number of anilines is 2. The van der Waals surface area contributed by atoms with Crippen molar-refractivity contribution in [2.24, 2.45) is 0 Å². The fraction of sp³-hybridized carbons (Fsp3) is 0.636. The highest BCUT2D eigenvalue weighted by Gasteiger charge is 2.19. The summed E-state index contributed by atoms with van der Waals surface area (Å²) >= 11 is 1.21. The Morgan fingerprint density at radius 1 is 1.56 bits per heavy atom. The highest BCUT2D eigenvalue weighted by molar-refractivity contribution is 7.18. The molecule has 0 aliphatic rings. The van der Waals surface area contributed by atoms with E-state index in [1.807, 2.05) is 20.8 Å². The second-order valence-electron chi connectivity index (χ2n) is 5.17. The van der Waals surface area contributed by atoms with Crippen LogP contribution in [0.3, 0.4) is 0 Å². The van der Waals surface area contributed by atoms with Gasteiger partial charge in [-0.25, -0.2) is 4.98 Å². The Labute approximate surface area is 111 Å². The molecule has 1 aromatic heterocycles. The molecule has 7 heteroatoms. The van der Waals surface area contributed by atoms with Crippen LogP contribution in [-0.2, 0) is 0 Å². The Balaban J connectivity index is 2.81. The van der Waals surface area contributed by atoms with Crippen LogP contribution in [0.1, 0.15) is 37.4 Å². The minimum absolute atomic E-state index is 0.114. The molecule has 18 heavy (non-hydrogen) atoms. The first-order valence-corrected chi connectivity index (χ1v) is 6.51. The maximum Gasteiger partial charge on any atom is 0.265 e. The third-order valence-electron chi connectivity index (χ3n) is 1.99. The smallest absolute Gasteiger partial charge is 0.265 e. The molecule has 6 nitrogen and oxygen atoms in total. The summed E-state index contributed by atoms with van der Waals surface area (Å²) in [5.41, 5.74) is 5.57. The Kier molecular flexibility index (Phi) is 4.53. The number of hydrogen-bond acceptors (Lipinski definition) is 6. The molecule has 0 radical (unpaired) electrons. The number of hydrogen-bond donors (Lipinski definition) is 4. The van der Waals surface area contributed by atoms with Gasteiger partial charge in [-0.05, 0) is 27.7 Å². The van der Waals surface area contributed by atoms with Crippen molar-refractivity contribution in [3.05, 3.63) is 4.88 Å². The first-order chi connectivity index (χ1) is 8.23. The number of carbonyl (C=O) groups is 1. The molecule has 1 aromatic rings. The highest BCUT2D eigenvalue weighted by atomic mass is 32.1. The topological polar surface area (TPSA) is 100 Å². The summed E-state index contributed by atoms with van der Waals surface area (Å²) in [6.45, 7) is 7.59. The SMILES string of the molecule is CC(CO)NC(=O)c1sc(NC(C)(C)C)nc1N. The lowest BCUT2D eigenvalue weighted by molar-refractivity contribution is 0.0927. The molecule has 1 atom stereocenters. The lowest BCUT2D eigenvalue weighted by atomic mass is 10.1. The molecule has 0 saturated heterocycles. The van der Waals surface area contributed by atoms with Gasteiger partial charge in [0.1, 0.15) is 10.7 Å². The van der Waals surface area contributed by atoms with Crippen molar-refractivity contribution in [2.75, 3.05) is 17.7 Å². The fourth-order valence-corrected chi connectivity index (χ4v) is 2.20. The molecule has 1 amide bonds. The van der Waals surface area contributed by atoms with Crippen molar-refractivity contribution < 1.29 is 9.90 Å². The molecule has 0 spiro atoms. The molecule has 5 N–H and O–H groups in total. The second kappa shape index (κ2) is 5.53. The molecule has 0 aliphatic heterocycles. The van der Waals surface area contributed by atoms with Crippen LogP contribution in [0.15, 0.2) is 0 Å². The molecular formula is C11H20N4O2S. The predicted molar refractivity (Wildman–Crippen MR) is 73.9 cm³/mol. The van der Waals surface area contributed by atoms with E-state index in [2.05, 4.69) is 15.6 Å². The first kappa shape index (κ1) is 14.7. The van der Waals surface area contributed by atoms with Gasteiger partial charge in [0.05, 0.1) is 6.61 Å². The van der Waals surface area contributed by atoms with Gasteiger partial charge >= 0.3 is 0 Å². The largest absolute Gasteiger partial charge is 0.394 e. The molecular weight excluding hydrogens is 252 g/mol. The van der Waals surface area contributed by atoms with Crippen molar-refractivity contribution >= 4 is 28.2 Å². The summed E-state index contributed by atoms with van der Waals surface area (Å²) in [5.74, 6) is -0.108. The number of nitrogen functional groups attached to an aromatic ring is 1. The summed E-state index contributed by atoms with van der Waals surface area (Å²) in [6.07, 6.45) is 0. The number of thiazole rings is 1. The third kappa shape index (κ3) is 4.15. The molecule has 102 valence electrons. The zero-order valence-electron chi connectivity index (χ0n) is 11.1. The minimum atomic E-state index is -0.312. The van der Waals surface area contributed by atoms with E-state index >= 15 is 0 Å². The molecule has 0 aromatic carbocycles. The fourth-order valence-electron chi connectivity index (χ4n) is 1.20. The van der Waals surface area contributed by atoms with E-state index in [4.69, 9.17) is 10.8 Å². The number of nitrogens with two attached hydrogens (primary N) is 1. The van der Waals surface area contributed by atoms with Gasteiger partial charge in [-0.3, -0.25) is 4.79 Å². The van der Waals surface area contributed by atoms with Gasteiger partial charge in [-0.1, -0.05) is 11.3 Å². The van der Waals surface area contributed by atoms with E-state index in [0.717, 1.165) is 0 Å². The first-order valence-electron chi connectivity index (χ1n) is 5.69. The normalized spacial score (nSPS) is 13.2. The van der Waals surface area contributed by atoms with Crippen LogP contribution in [0.4, 0.5) is 10.9 Å². The van der Waals surface area contributed by atoms with Gasteiger partial charge in [-0.15, -0.1) is 0 Å². The molecule has 0 saturated carbocycles. The van der Waals surface area contributed by atoms with E-state index < -0.39 is 0 Å². The zero-order chi connectivity index (χ0) is 13.9. The maximum absolute atomic E-state index is 11.9. The van der Waals surface area contributed by atoms with Crippen LogP contribution in [-0.4, -0.2) is 34.2 Å². The van der Waals surface area contributed by atoms with Gasteiger partial charge in [-0.2, -0.15) is 0 Å². The standard InChI is InChI=1S/C11H20N4O2S/c1-6(5-16)13-9(17)7-8(12)14-10(18-7)15-11(2,3)4/h6,16H,5,12H2,1-4H3,(H,13,17)(H,14,15). The van der Waals surface area contributed by atoms with Crippen molar-refractivity contribution in [1.29, 1.82) is 0 Å². The van der Waals surface area contributed by atoms with Gasteiger partial charge in [0.2, 0.25) is 0 Å². The lowest BCUT2D eigenvalue weighted by Crippen LogP contribution is -2.34. The molecule has 1 heterocycles. The number of carbonyl (C=O) groups excluding carboxylic acids is 1. The summed E-state index contributed by atoms with van der Waals surface area (Å²) in [5, 5.41) is 15.3. The molecule has 0 bridgehead atoms. The number of nitrogens with zero attached hydrogens (tertiary/aromatic N) is 1. The summed E-state index contributed by atoms with van der Waals surface area (Å²) in [4.78, 5) is 16.3. The molecule has 1 unspecified atom stereocenters. The van der Waals surface area contributed by atoms with Crippen LogP contribution >= 0.6 is 11.3 Å². The molecule has 0 aliphatic carbocycles. The minimum Gasteiger partial charge on any atom is -0.394 e. The zero-order valence-corrected chi connectivity index (χ0v) is 11.9. The van der Waals surface area contributed by atoms with Gasteiger partial charge in [0.25, 0.3) is 5.91 Å². The number of nitrogens with one attached hydrogen (secondary N) is 2. The lowest BCUT2D eigenvalue weighted by Gasteiger charge is -2.19. The van der Waals surface area contributed by atoms with E-state index in [0.29, 0.717) is 10.0 Å². The Hall–Kier alpha value is -1.34. The number of rotatable bonds is 4. The van der Waals surface area contributed by atoms with Gasteiger partial charge in [0, 0.05) is 11.6 Å². The monoisotopic (exact) mass is 272 g/mol. The molecule has 1 rings (SSSR count). The van der Waals surface area contributed by atoms with Crippen molar-refractivity contribution in [3.63, 3.8) is 0 Å². The second-order valence-corrected chi connectivity index (χ2v) is 6.16. The number of aliphatic hydroxyl groups is 1. The van der Waals surface area contributed by atoms with E-state index in [9.17, 15) is 4.79 Å². The summed E-state index contributed by atoms with van der Waals surface area (Å²) < 4.78 is 0. The van der Waals surface area contributed by atoms with Crippen LogP contribution < -0.4 is 16.4 Å². The van der Waals surface area contributed by atoms with Crippen LogP contribution in [0.25, 0.3) is 0 Å². The van der Waals surface area contributed by atoms with Crippen molar-refractivity contribution in [2.45, 2.75) is 39.3 Å². The average Bonchev–Trinajstić information content (AvgIpc) is 2.56. The Morgan fingerprint density at radius 3 is 2.67 bits per heavy atom.